The molecule has 8 heteroatoms. The number of anilines is 3. The van der Waals surface area contributed by atoms with Gasteiger partial charge in [-0.1, -0.05) is 41.7 Å². The van der Waals surface area contributed by atoms with Crippen LogP contribution in [0.5, 0.6) is 11.5 Å². The summed E-state index contributed by atoms with van der Waals surface area (Å²) in [7, 11) is 0. The Hall–Kier alpha value is -3.91. The number of fused-ring (bicyclic) bond motifs is 6. The van der Waals surface area contributed by atoms with Gasteiger partial charge in [-0.05, 0) is 45.9 Å². The van der Waals surface area contributed by atoms with Crippen LogP contribution in [-0.4, -0.2) is 42.3 Å². The van der Waals surface area contributed by atoms with Crippen LogP contribution in [0.2, 0.25) is 0 Å². The number of hydrogen-bond acceptors (Lipinski definition) is 7. The van der Waals surface area contributed by atoms with E-state index in [1.165, 1.54) is 11.3 Å². The first-order valence-electron chi connectivity index (χ1n) is 13.2. The van der Waals surface area contributed by atoms with E-state index in [4.69, 9.17) is 4.74 Å². The normalized spacial score (nSPS) is 14.6. The van der Waals surface area contributed by atoms with E-state index in [2.05, 4.69) is 90.2 Å². The maximum absolute atomic E-state index is 14.1. The molecule has 0 saturated heterocycles. The van der Waals surface area contributed by atoms with E-state index >= 15 is 0 Å². The highest BCUT2D eigenvalue weighted by Crippen LogP contribution is 2.59. The number of nitrogens with zero attached hydrogens (tertiary/aromatic N) is 5. The third-order valence-electron chi connectivity index (χ3n) is 7.81. The predicted molar refractivity (Wildman–Crippen MR) is 153 cm³/mol. The van der Waals surface area contributed by atoms with Gasteiger partial charge in [0, 0.05) is 71.9 Å². The molecule has 194 valence electrons. The number of hydrogen-bond donors (Lipinski definition) is 0. The van der Waals surface area contributed by atoms with Gasteiger partial charge in [0.25, 0.3) is 5.91 Å². The van der Waals surface area contributed by atoms with Crippen LogP contribution in [0.25, 0.3) is 0 Å². The number of rotatable bonds is 7. The topological polar surface area (TPSA) is 61.8 Å². The van der Waals surface area contributed by atoms with E-state index < -0.39 is 5.54 Å². The number of carbonyl (C=O) groups excluding carboxylic acids is 1. The second-order valence-electron chi connectivity index (χ2n) is 9.43. The molecule has 38 heavy (non-hydrogen) atoms. The molecule has 7 nitrogen and oxygen atoms in total. The Labute approximate surface area is 227 Å². The maximum Gasteiger partial charge on any atom is 0.261 e. The summed E-state index contributed by atoms with van der Waals surface area (Å²) >= 11 is 1.37. The first-order valence-corrected chi connectivity index (χ1v) is 14.1. The Bertz CT molecular complexity index is 1430. The second kappa shape index (κ2) is 9.44. The van der Waals surface area contributed by atoms with Gasteiger partial charge in [-0.3, -0.25) is 9.69 Å². The summed E-state index contributed by atoms with van der Waals surface area (Å²) in [5.41, 5.74) is 6.36. The highest BCUT2D eigenvalue weighted by Gasteiger charge is 2.58. The molecule has 0 bridgehead atoms. The van der Waals surface area contributed by atoms with Gasteiger partial charge in [0.05, 0.1) is 0 Å². The molecule has 0 saturated carbocycles. The van der Waals surface area contributed by atoms with Gasteiger partial charge in [0.1, 0.15) is 22.5 Å². The summed E-state index contributed by atoms with van der Waals surface area (Å²) in [6, 6.07) is 20.6. The van der Waals surface area contributed by atoms with Gasteiger partial charge in [0.2, 0.25) is 5.13 Å². The van der Waals surface area contributed by atoms with Crippen molar-refractivity contribution < 1.29 is 9.53 Å². The van der Waals surface area contributed by atoms with Gasteiger partial charge in [0.15, 0.2) is 0 Å². The van der Waals surface area contributed by atoms with Crippen molar-refractivity contribution in [1.82, 2.24) is 10.2 Å². The number of amides is 1. The zero-order chi connectivity index (χ0) is 26.4. The van der Waals surface area contributed by atoms with Crippen molar-refractivity contribution in [2.75, 3.05) is 40.9 Å². The van der Waals surface area contributed by atoms with Crippen LogP contribution in [0.4, 0.5) is 16.5 Å². The third-order valence-corrected chi connectivity index (χ3v) is 8.49. The van der Waals surface area contributed by atoms with Gasteiger partial charge in [-0.2, -0.15) is 0 Å². The minimum atomic E-state index is -0.931. The van der Waals surface area contributed by atoms with Crippen LogP contribution in [0.15, 0.2) is 66.2 Å². The lowest BCUT2D eigenvalue weighted by Crippen LogP contribution is -2.47. The van der Waals surface area contributed by atoms with Crippen molar-refractivity contribution in [3.63, 3.8) is 0 Å². The third kappa shape index (κ3) is 3.36. The zero-order valence-electron chi connectivity index (χ0n) is 22.1. The summed E-state index contributed by atoms with van der Waals surface area (Å²) in [5.74, 6) is 1.41. The fraction of sp³-hybridized carbons (Fsp3) is 0.300. The van der Waals surface area contributed by atoms with Crippen molar-refractivity contribution in [2.24, 2.45) is 0 Å². The highest BCUT2D eigenvalue weighted by atomic mass is 32.1. The van der Waals surface area contributed by atoms with Crippen LogP contribution in [-0.2, 0) is 5.54 Å². The van der Waals surface area contributed by atoms with E-state index in [0.29, 0.717) is 10.7 Å². The Kier molecular flexibility index (Phi) is 6.07. The molecule has 0 fully saturated rings. The monoisotopic (exact) mass is 525 g/mol. The Morgan fingerprint density at radius 2 is 1.39 bits per heavy atom. The molecule has 1 spiro atoms. The van der Waals surface area contributed by atoms with E-state index in [9.17, 15) is 4.79 Å². The molecule has 3 heterocycles. The molecule has 1 amide bonds. The number of benzene rings is 3. The summed E-state index contributed by atoms with van der Waals surface area (Å²) in [5, 5.41) is 9.05. The molecule has 0 radical (unpaired) electrons. The lowest BCUT2D eigenvalue weighted by atomic mass is 9.74. The molecular formula is C30H31N5O2S. The molecule has 0 atom stereocenters. The van der Waals surface area contributed by atoms with Crippen molar-refractivity contribution in [3.05, 3.63) is 88.4 Å². The van der Waals surface area contributed by atoms with Crippen LogP contribution >= 0.6 is 11.3 Å². The van der Waals surface area contributed by atoms with Gasteiger partial charge in [-0.25, -0.2) is 0 Å². The summed E-state index contributed by atoms with van der Waals surface area (Å²) in [6.07, 6.45) is 0. The standard InChI is InChI=1S/C30H31N5O2S/c1-5-33(6-2)20-13-15-24-26(17-20)37-27-18-21(34(7-3)8-4)14-16-25(27)30(24)23-12-10-9-11-22(23)28(36)35(30)29-32-31-19-38-29/h9-19H,5-8H2,1-4H3. The SMILES string of the molecule is CCN(CC)c1ccc2c(c1)Oc1cc(N(CC)CC)ccc1C21c2ccccc2C(=O)N1c1nncs1. The van der Waals surface area contributed by atoms with Crippen molar-refractivity contribution in [1.29, 1.82) is 0 Å². The van der Waals surface area contributed by atoms with E-state index in [1.54, 1.807) is 5.51 Å². The summed E-state index contributed by atoms with van der Waals surface area (Å²) in [6.45, 7) is 12.2. The maximum atomic E-state index is 14.1. The molecule has 4 aromatic rings. The van der Waals surface area contributed by atoms with Gasteiger partial charge in [-0.15, -0.1) is 10.2 Å². The average Bonchev–Trinajstić information content (AvgIpc) is 3.56. The van der Waals surface area contributed by atoms with Gasteiger partial charge < -0.3 is 14.5 Å². The molecule has 3 aromatic carbocycles. The van der Waals surface area contributed by atoms with Crippen molar-refractivity contribution in [2.45, 2.75) is 33.2 Å². The molecule has 0 aliphatic carbocycles. The Balaban J connectivity index is 1.69. The molecule has 0 unspecified atom stereocenters. The lowest BCUT2D eigenvalue weighted by molar-refractivity contribution is 0.0985. The van der Waals surface area contributed by atoms with Crippen LogP contribution in [0.1, 0.15) is 54.7 Å². The second-order valence-corrected chi connectivity index (χ2v) is 10.2. The molecule has 0 N–H and O–H groups in total. The molecule has 6 rings (SSSR count). The van der Waals surface area contributed by atoms with E-state index in [-0.39, 0.29) is 5.91 Å². The zero-order valence-corrected chi connectivity index (χ0v) is 23.0. The number of ether oxygens (including phenoxy) is 1. The smallest absolute Gasteiger partial charge is 0.261 e. The molecule has 2 aliphatic rings. The molecular weight excluding hydrogens is 494 g/mol. The van der Waals surface area contributed by atoms with Crippen molar-refractivity contribution >= 4 is 33.8 Å². The van der Waals surface area contributed by atoms with Gasteiger partial charge >= 0.3 is 0 Å². The fourth-order valence-corrected chi connectivity index (χ4v) is 6.64. The van der Waals surface area contributed by atoms with Crippen LogP contribution < -0.4 is 19.4 Å². The summed E-state index contributed by atoms with van der Waals surface area (Å²) in [4.78, 5) is 20.6. The van der Waals surface area contributed by atoms with Crippen LogP contribution in [0.3, 0.4) is 0 Å². The van der Waals surface area contributed by atoms with Crippen LogP contribution in [0, 0.1) is 0 Å². The Morgan fingerprint density at radius 3 is 1.92 bits per heavy atom. The summed E-state index contributed by atoms with van der Waals surface area (Å²) < 4.78 is 6.72. The quantitative estimate of drug-likeness (QED) is 0.283. The first kappa shape index (κ1) is 24.4. The van der Waals surface area contributed by atoms with Crippen molar-refractivity contribution in [3.8, 4) is 11.5 Å². The number of carbonyl (C=O) groups is 1. The minimum Gasteiger partial charge on any atom is -0.456 e. The van der Waals surface area contributed by atoms with E-state index in [1.807, 2.05) is 23.1 Å². The fourth-order valence-electron chi connectivity index (χ4n) is 6.03. The molecule has 2 aliphatic heterocycles. The lowest BCUT2D eigenvalue weighted by Gasteiger charge is -2.43. The first-order chi connectivity index (χ1) is 18.6. The number of aromatic nitrogens is 2. The van der Waals surface area contributed by atoms with E-state index in [0.717, 1.165) is 65.7 Å². The largest absolute Gasteiger partial charge is 0.456 e. The Morgan fingerprint density at radius 1 is 0.816 bits per heavy atom. The highest BCUT2D eigenvalue weighted by molar-refractivity contribution is 7.13. The molecule has 1 aromatic heterocycles. The average molecular weight is 526 g/mol. The minimum absolute atomic E-state index is 0.0863. The predicted octanol–water partition coefficient (Wildman–Crippen LogP) is 6.29.